The summed E-state index contributed by atoms with van der Waals surface area (Å²) in [6, 6.07) is 0. The predicted molar refractivity (Wildman–Crippen MR) is 109 cm³/mol. The fraction of sp³-hybridized carbons (Fsp3) is 0.875. The molecular weight excluding hydrogens is 421 g/mol. The molecule has 1 rings (SSSR count). The van der Waals surface area contributed by atoms with E-state index in [1.54, 1.807) is 7.05 Å². The van der Waals surface area contributed by atoms with Gasteiger partial charge in [0.15, 0.2) is 5.96 Å². The number of piperidine rings is 1. The zero-order valence-electron chi connectivity index (χ0n) is 15.1. The first kappa shape index (κ1) is 23.4. The van der Waals surface area contributed by atoms with Crippen LogP contribution in [0, 0.1) is 5.92 Å². The molecule has 1 heterocycles. The Morgan fingerprint density at radius 3 is 2.50 bits per heavy atom. The van der Waals surface area contributed by atoms with Crippen molar-refractivity contribution < 1.29 is 9.53 Å². The number of hydrogen-bond donors (Lipinski definition) is 3. The molecule has 0 spiro atoms. The number of ether oxygens (including phenoxy) is 1. The molecule has 1 amide bonds. The summed E-state index contributed by atoms with van der Waals surface area (Å²) >= 11 is 0. The fourth-order valence-corrected chi connectivity index (χ4v) is 2.71. The number of aliphatic imine (C=N–C) groups is 1. The number of rotatable bonds is 10. The van der Waals surface area contributed by atoms with E-state index in [0.29, 0.717) is 6.61 Å². The second-order valence-electron chi connectivity index (χ2n) is 5.85. The molecule has 0 bridgehead atoms. The lowest BCUT2D eigenvalue weighted by Crippen LogP contribution is -2.40. The number of primary amides is 1. The summed E-state index contributed by atoms with van der Waals surface area (Å²) in [6.45, 7) is 8.16. The van der Waals surface area contributed by atoms with Crippen LogP contribution in [0.2, 0.25) is 0 Å². The third-order valence-corrected chi connectivity index (χ3v) is 4.15. The molecule has 0 atom stereocenters. The number of amides is 1. The average molecular weight is 455 g/mol. The van der Waals surface area contributed by atoms with Gasteiger partial charge in [0.2, 0.25) is 5.91 Å². The second-order valence-corrected chi connectivity index (χ2v) is 5.85. The third-order valence-electron chi connectivity index (χ3n) is 4.15. The summed E-state index contributed by atoms with van der Waals surface area (Å²) in [4.78, 5) is 17.7. The van der Waals surface area contributed by atoms with Crippen LogP contribution in [0.1, 0.15) is 32.6 Å². The van der Waals surface area contributed by atoms with E-state index in [9.17, 15) is 4.79 Å². The number of hydrogen-bond acceptors (Lipinski definition) is 4. The van der Waals surface area contributed by atoms with Gasteiger partial charge >= 0.3 is 0 Å². The van der Waals surface area contributed by atoms with Crippen LogP contribution < -0.4 is 16.4 Å². The molecule has 0 saturated carbocycles. The van der Waals surface area contributed by atoms with Crippen molar-refractivity contribution in [1.82, 2.24) is 15.5 Å². The Bertz CT molecular complexity index is 360. The van der Waals surface area contributed by atoms with Crippen LogP contribution in [0.5, 0.6) is 0 Å². The van der Waals surface area contributed by atoms with Gasteiger partial charge in [0.1, 0.15) is 0 Å². The number of nitrogens with zero attached hydrogens (tertiary/aromatic N) is 2. The predicted octanol–water partition coefficient (Wildman–Crippen LogP) is 0.783. The minimum absolute atomic E-state index is 0. The van der Waals surface area contributed by atoms with Crippen molar-refractivity contribution in [2.45, 2.75) is 32.6 Å². The van der Waals surface area contributed by atoms with E-state index >= 15 is 0 Å². The van der Waals surface area contributed by atoms with Gasteiger partial charge in [0, 0.05) is 32.7 Å². The van der Waals surface area contributed by atoms with Crippen molar-refractivity contribution >= 4 is 35.8 Å². The van der Waals surface area contributed by atoms with E-state index in [4.69, 9.17) is 10.5 Å². The van der Waals surface area contributed by atoms with Crippen LogP contribution in [-0.2, 0) is 9.53 Å². The Hall–Kier alpha value is -0.610. The van der Waals surface area contributed by atoms with E-state index in [-0.39, 0.29) is 35.8 Å². The minimum Gasteiger partial charge on any atom is -0.380 e. The first-order valence-electron chi connectivity index (χ1n) is 8.71. The molecule has 1 saturated heterocycles. The zero-order valence-corrected chi connectivity index (χ0v) is 17.4. The number of nitrogens with one attached hydrogen (secondary N) is 2. The number of halogens is 1. The average Bonchev–Trinajstić information content (AvgIpc) is 2.57. The van der Waals surface area contributed by atoms with E-state index in [1.807, 2.05) is 6.92 Å². The summed E-state index contributed by atoms with van der Waals surface area (Å²) in [5, 5.41) is 6.53. The molecule has 1 fully saturated rings. The summed E-state index contributed by atoms with van der Waals surface area (Å²) < 4.78 is 5.28. The van der Waals surface area contributed by atoms with E-state index in [1.165, 1.54) is 0 Å². The smallest absolute Gasteiger partial charge is 0.220 e. The Morgan fingerprint density at radius 2 is 1.92 bits per heavy atom. The maximum atomic E-state index is 11.1. The fourth-order valence-electron chi connectivity index (χ4n) is 2.71. The molecule has 0 aromatic heterocycles. The van der Waals surface area contributed by atoms with Gasteiger partial charge in [-0.3, -0.25) is 9.79 Å². The third kappa shape index (κ3) is 10.3. The quantitative estimate of drug-likeness (QED) is 0.196. The van der Waals surface area contributed by atoms with Gasteiger partial charge < -0.3 is 26.0 Å². The maximum absolute atomic E-state index is 11.1. The van der Waals surface area contributed by atoms with Gasteiger partial charge in [-0.1, -0.05) is 0 Å². The molecule has 0 aromatic carbocycles. The highest BCUT2D eigenvalue weighted by Crippen LogP contribution is 2.16. The minimum atomic E-state index is -0.142. The normalized spacial score (nSPS) is 16.5. The Morgan fingerprint density at radius 1 is 1.25 bits per heavy atom. The largest absolute Gasteiger partial charge is 0.380 e. The van der Waals surface area contributed by atoms with Crippen LogP contribution in [0.15, 0.2) is 4.99 Å². The van der Waals surface area contributed by atoms with Crippen molar-refractivity contribution in [1.29, 1.82) is 0 Å². The summed E-state index contributed by atoms with van der Waals surface area (Å²) in [5.74, 6) is 0.767. The molecule has 7 nitrogen and oxygen atoms in total. The highest BCUT2D eigenvalue weighted by Gasteiger charge is 2.22. The Labute approximate surface area is 163 Å². The molecule has 0 aliphatic carbocycles. The lowest BCUT2D eigenvalue weighted by Gasteiger charge is -2.30. The number of likely N-dealkylation sites (tertiary alicyclic amines) is 1. The van der Waals surface area contributed by atoms with Gasteiger partial charge in [-0.15, -0.1) is 24.0 Å². The highest BCUT2D eigenvalue weighted by molar-refractivity contribution is 14.0. The van der Waals surface area contributed by atoms with Crippen LogP contribution in [-0.4, -0.2) is 69.8 Å². The second kappa shape index (κ2) is 14.7. The number of nitrogens with two attached hydrogens (primary N) is 1. The molecule has 1 aliphatic heterocycles. The molecule has 4 N–H and O–H groups in total. The van der Waals surface area contributed by atoms with Gasteiger partial charge in [-0.2, -0.15) is 0 Å². The van der Waals surface area contributed by atoms with E-state index < -0.39 is 0 Å². The standard InChI is InChI=1S/C16H33N5O2.HI/c1-3-23-13-9-20-16(18-2)19-8-4-5-10-21-11-6-14(7-12-21)15(17)22;/h14H,3-13H2,1-2H3,(H2,17,22)(H2,18,19,20);1H. The molecule has 0 radical (unpaired) electrons. The van der Waals surface area contributed by atoms with Crippen LogP contribution in [0.3, 0.4) is 0 Å². The lowest BCUT2D eigenvalue weighted by atomic mass is 9.96. The summed E-state index contributed by atoms with van der Waals surface area (Å²) in [7, 11) is 1.78. The van der Waals surface area contributed by atoms with Crippen molar-refractivity contribution in [2.75, 3.05) is 53.0 Å². The molecule has 8 heteroatoms. The first-order valence-corrected chi connectivity index (χ1v) is 8.71. The van der Waals surface area contributed by atoms with Gasteiger partial charge in [-0.05, 0) is 52.2 Å². The molecule has 0 aromatic rings. The van der Waals surface area contributed by atoms with Crippen molar-refractivity contribution in [3.8, 4) is 0 Å². The van der Waals surface area contributed by atoms with Gasteiger partial charge in [0.05, 0.1) is 6.61 Å². The molecule has 24 heavy (non-hydrogen) atoms. The van der Waals surface area contributed by atoms with Crippen molar-refractivity contribution in [3.05, 3.63) is 0 Å². The highest BCUT2D eigenvalue weighted by atomic mass is 127. The topological polar surface area (TPSA) is 92.0 Å². The molecule has 142 valence electrons. The van der Waals surface area contributed by atoms with Gasteiger partial charge in [-0.25, -0.2) is 0 Å². The Kier molecular flexibility index (Phi) is 14.3. The summed E-state index contributed by atoms with van der Waals surface area (Å²) in [5.41, 5.74) is 5.35. The zero-order chi connectivity index (χ0) is 16.9. The van der Waals surface area contributed by atoms with Gasteiger partial charge in [0.25, 0.3) is 0 Å². The Balaban J connectivity index is 0.00000529. The molecule has 1 aliphatic rings. The molecular formula is C16H34IN5O2. The maximum Gasteiger partial charge on any atom is 0.220 e. The number of unbranched alkanes of at least 4 members (excludes halogenated alkanes) is 1. The van der Waals surface area contributed by atoms with Crippen molar-refractivity contribution in [3.63, 3.8) is 0 Å². The number of guanidine groups is 1. The van der Waals surface area contributed by atoms with Crippen molar-refractivity contribution in [2.24, 2.45) is 16.6 Å². The van der Waals surface area contributed by atoms with E-state index in [0.717, 1.165) is 71.0 Å². The number of carbonyl (C=O) groups excluding carboxylic acids is 1. The van der Waals surface area contributed by atoms with E-state index in [2.05, 4.69) is 20.5 Å². The number of carbonyl (C=O) groups is 1. The molecule has 0 unspecified atom stereocenters. The van der Waals surface area contributed by atoms with Crippen LogP contribution >= 0.6 is 24.0 Å². The first-order chi connectivity index (χ1) is 11.2. The van der Waals surface area contributed by atoms with Crippen LogP contribution in [0.25, 0.3) is 0 Å². The monoisotopic (exact) mass is 455 g/mol. The lowest BCUT2D eigenvalue weighted by molar-refractivity contribution is -0.123. The summed E-state index contributed by atoms with van der Waals surface area (Å²) in [6.07, 6.45) is 4.06. The SMILES string of the molecule is CCOCCNC(=NC)NCCCCN1CCC(C(N)=O)CC1.I. The van der Waals surface area contributed by atoms with Crippen LogP contribution in [0.4, 0.5) is 0 Å².